The predicted octanol–water partition coefficient (Wildman–Crippen LogP) is 1.14. The fourth-order valence-corrected chi connectivity index (χ4v) is 1.93. The van der Waals surface area contributed by atoms with Crippen molar-refractivity contribution < 1.29 is 4.74 Å². The topological polar surface area (TPSA) is 55.2 Å². The number of nitrogens with one attached hydrogen (secondary N) is 1. The van der Waals surface area contributed by atoms with Crippen molar-refractivity contribution in [1.82, 2.24) is 25.2 Å². The molecule has 0 aliphatic carbocycles. The standard InChI is InChI=1S/C14H29N5O/c1-4-7-15-12-14-13-19(17-16-14)9-8-18(5-2)10-11-20-6-3/h13,15H,4-12H2,1-3H3. The quantitative estimate of drug-likeness (QED) is 0.583. The minimum absolute atomic E-state index is 0.786. The van der Waals surface area contributed by atoms with Gasteiger partial charge in [0.25, 0.3) is 0 Å². The van der Waals surface area contributed by atoms with E-state index in [0.717, 1.165) is 64.6 Å². The molecular weight excluding hydrogens is 254 g/mol. The summed E-state index contributed by atoms with van der Waals surface area (Å²) in [7, 11) is 0. The molecule has 6 nitrogen and oxygen atoms in total. The molecule has 6 heteroatoms. The third-order valence-corrected chi connectivity index (χ3v) is 3.17. The van der Waals surface area contributed by atoms with Crippen molar-refractivity contribution in [3.8, 4) is 0 Å². The van der Waals surface area contributed by atoms with Gasteiger partial charge in [0.15, 0.2) is 0 Å². The molecule has 1 aromatic heterocycles. The SMILES string of the molecule is CCCNCc1cn(CCN(CC)CCOCC)nn1. The number of aromatic nitrogens is 3. The molecule has 116 valence electrons. The molecule has 1 rings (SSSR count). The van der Waals surface area contributed by atoms with Crippen molar-refractivity contribution in [2.45, 2.75) is 40.3 Å². The first-order valence-corrected chi connectivity index (χ1v) is 7.69. The monoisotopic (exact) mass is 283 g/mol. The van der Waals surface area contributed by atoms with Gasteiger partial charge in [-0.05, 0) is 26.4 Å². The van der Waals surface area contributed by atoms with Crippen LogP contribution in [0.5, 0.6) is 0 Å². The fraction of sp³-hybridized carbons (Fsp3) is 0.857. The van der Waals surface area contributed by atoms with Gasteiger partial charge in [-0.3, -0.25) is 9.58 Å². The Labute approximate surface area is 122 Å². The lowest BCUT2D eigenvalue weighted by Crippen LogP contribution is -2.31. The van der Waals surface area contributed by atoms with E-state index >= 15 is 0 Å². The Morgan fingerprint density at radius 1 is 1.30 bits per heavy atom. The summed E-state index contributed by atoms with van der Waals surface area (Å²) >= 11 is 0. The van der Waals surface area contributed by atoms with Gasteiger partial charge in [0.1, 0.15) is 0 Å². The average Bonchev–Trinajstić information content (AvgIpc) is 2.91. The molecule has 0 unspecified atom stereocenters. The van der Waals surface area contributed by atoms with Gasteiger partial charge in [0.05, 0.1) is 18.8 Å². The van der Waals surface area contributed by atoms with Crippen molar-refractivity contribution in [2.24, 2.45) is 0 Å². The minimum atomic E-state index is 0.786. The second-order valence-electron chi connectivity index (χ2n) is 4.78. The van der Waals surface area contributed by atoms with E-state index in [4.69, 9.17) is 4.74 Å². The Morgan fingerprint density at radius 2 is 2.15 bits per heavy atom. The molecular formula is C14H29N5O. The molecule has 0 radical (unpaired) electrons. The molecule has 0 atom stereocenters. The lowest BCUT2D eigenvalue weighted by molar-refractivity contribution is 0.113. The Balaban J connectivity index is 2.25. The second-order valence-corrected chi connectivity index (χ2v) is 4.78. The van der Waals surface area contributed by atoms with Crippen LogP contribution in [0, 0.1) is 0 Å². The Hall–Kier alpha value is -0.980. The van der Waals surface area contributed by atoms with Gasteiger partial charge in [0, 0.05) is 32.4 Å². The van der Waals surface area contributed by atoms with Crippen molar-refractivity contribution in [3.63, 3.8) is 0 Å². The summed E-state index contributed by atoms with van der Waals surface area (Å²) in [6, 6.07) is 0. The molecule has 0 fully saturated rings. The summed E-state index contributed by atoms with van der Waals surface area (Å²) in [5.41, 5.74) is 1.01. The zero-order valence-electron chi connectivity index (χ0n) is 13.1. The van der Waals surface area contributed by atoms with Gasteiger partial charge in [-0.15, -0.1) is 5.10 Å². The van der Waals surface area contributed by atoms with E-state index in [-0.39, 0.29) is 0 Å². The molecule has 20 heavy (non-hydrogen) atoms. The van der Waals surface area contributed by atoms with E-state index in [1.807, 2.05) is 17.8 Å². The van der Waals surface area contributed by atoms with E-state index in [2.05, 4.69) is 34.4 Å². The Morgan fingerprint density at radius 3 is 2.85 bits per heavy atom. The van der Waals surface area contributed by atoms with Gasteiger partial charge < -0.3 is 10.1 Å². The lowest BCUT2D eigenvalue weighted by atomic mass is 10.4. The van der Waals surface area contributed by atoms with E-state index in [9.17, 15) is 0 Å². The van der Waals surface area contributed by atoms with E-state index in [1.165, 1.54) is 0 Å². The number of ether oxygens (including phenoxy) is 1. The lowest BCUT2D eigenvalue weighted by Gasteiger charge is -2.19. The first-order valence-electron chi connectivity index (χ1n) is 7.69. The number of rotatable bonds is 12. The van der Waals surface area contributed by atoms with E-state index < -0.39 is 0 Å². The van der Waals surface area contributed by atoms with Crippen LogP contribution >= 0.6 is 0 Å². The maximum Gasteiger partial charge on any atom is 0.0964 e. The zero-order valence-corrected chi connectivity index (χ0v) is 13.1. The third kappa shape index (κ3) is 6.98. The normalized spacial score (nSPS) is 11.4. The third-order valence-electron chi connectivity index (χ3n) is 3.17. The van der Waals surface area contributed by atoms with Crippen molar-refractivity contribution in [2.75, 3.05) is 39.4 Å². The largest absolute Gasteiger partial charge is 0.380 e. The van der Waals surface area contributed by atoms with Crippen molar-refractivity contribution in [3.05, 3.63) is 11.9 Å². The van der Waals surface area contributed by atoms with Crippen LogP contribution in [0.1, 0.15) is 32.9 Å². The van der Waals surface area contributed by atoms with Crippen LogP contribution in [0.2, 0.25) is 0 Å². The van der Waals surface area contributed by atoms with Crippen LogP contribution in [0.3, 0.4) is 0 Å². The molecule has 0 bridgehead atoms. The summed E-state index contributed by atoms with van der Waals surface area (Å²) in [6.45, 7) is 13.6. The molecule has 0 amide bonds. The fourth-order valence-electron chi connectivity index (χ4n) is 1.93. The highest BCUT2D eigenvalue weighted by Crippen LogP contribution is 1.95. The van der Waals surface area contributed by atoms with Crippen LogP contribution in [-0.2, 0) is 17.8 Å². The molecule has 0 aromatic carbocycles. The van der Waals surface area contributed by atoms with Gasteiger partial charge in [-0.1, -0.05) is 19.1 Å². The second kappa shape index (κ2) is 10.8. The predicted molar refractivity (Wildman–Crippen MR) is 80.6 cm³/mol. The van der Waals surface area contributed by atoms with Crippen LogP contribution in [0.25, 0.3) is 0 Å². The summed E-state index contributed by atoms with van der Waals surface area (Å²) in [4.78, 5) is 2.37. The molecule has 1 N–H and O–H groups in total. The first-order chi connectivity index (χ1) is 9.80. The Bertz CT molecular complexity index is 342. The summed E-state index contributed by atoms with van der Waals surface area (Å²) < 4.78 is 7.32. The number of hydrogen-bond acceptors (Lipinski definition) is 5. The smallest absolute Gasteiger partial charge is 0.0964 e. The summed E-state index contributed by atoms with van der Waals surface area (Å²) in [5, 5.41) is 11.7. The van der Waals surface area contributed by atoms with Crippen LogP contribution < -0.4 is 5.32 Å². The van der Waals surface area contributed by atoms with Gasteiger partial charge in [-0.25, -0.2) is 0 Å². The van der Waals surface area contributed by atoms with E-state index in [1.54, 1.807) is 0 Å². The maximum atomic E-state index is 5.39. The van der Waals surface area contributed by atoms with Gasteiger partial charge in [-0.2, -0.15) is 0 Å². The zero-order chi connectivity index (χ0) is 14.6. The van der Waals surface area contributed by atoms with Crippen LogP contribution in [0.4, 0.5) is 0 Å². The highest BCUT2D eigenvalue weighted by molar-refractivity contribution is 4.91. The molecule has 1 aromatic rings. The number of nitrogens with zero attached hydrogens (tertiary/aromatic N) is 4. The highest BCUT2D eigenvalue weighted by Gasteiger charge is 2.04. The summed E-state index contributed by atoms with van der Waals surface area (Å²) in [5.74, 6) is 0. The molecule has 0 aliphatic heterocycles. The molecule has 0 saturated heterocycles. The highest BCUT2D eigenvalue weighted by atomic mass is 16.5. The van der Waals surface area contributed by atoms with Crippen molar-refractivity contribution in [1.29, 1.82) is 0 Å². The molecule has 1 heterocycles. The molecule has 0 aliphatic rings. The van der Waals surface area contributed by atoms with Gasteiger partial charge >= 0.3 is 0 Å². The molecule has 0 spiro atoms. The summed E-state index contributed by atoms with van der Waals surface area (Å²) in [6.07, 6.45) is 3.17. The van der Waals surface area contributed by atoms with Crippen LogP contribution in [0.15, 0.2) is 6.20 Å². The average molecular weight is 283 g/mol. The molecule has 0 saturated carbocycles. The minimum Gasteiger partial charge on any atom is -0.380 e. The maximum absolute atomic E-state index is 5.39. The number of hydrogen-bond donors (Lipinski definition) is 1. The first kappa shape index (κ1) is 17.1. The van der Waals surface area contributed by atoms with Gasteiger partial charge in [0.2, 0.25) is 0 Å². The van der Waals surface area contributed by atoms with E-state index in [0.29, 0.717) is 0 Å². The van der Waals surface area contributed by atoms with Crippen LogP contribution in [-0.4, -0.2) is 59.3 Å². The van der Waals surface area contributed by atoms with Crippen molar-refractivity contribution >= 4 is 0 Å². The number of likely N-dealkylation sites (N-methyl/N-ethyl adjacent to an activating group) is 1. The Kier molecular flexibility index (Phi) is 9.19.